The Hall–Kier alpha value is -3.04. The molecular formula is C21H21N3O5S. The molecule has 2 aliphatic heterocycles. The molecule has 0 spiro atoms. The molecule has 1 atom stereocenters. The Morgan fingerprint density at radius 2 is 1.80 bits per heavy atom. The van der Waals surface area contributed by atoms with Crippen LogP contribution in [0.15, 0.2) is 47.4 Å². The van der Waals surface area contributed by atoms with Gasteiger partial charge >= 0.3 is 0 Å². The van der Waals surface area contributed by atoms with Crippen molar-refractivity contribution in [1.29, 1.82) is 0 Å². The first kappa shape index (κ1) is 20.2. The average molecular weight is 427 g/mol. The number of benzene rings is 2. The molecular weight excluding hydrogens is 406 g/mol. The van der Waals surface area contributed by atoms with Gasteiger partial charge in [-0.3, -0.25) is 19.7 Å². The maximum Gasteiger partial charge on any atom is 0.261 e. The molecule has 8 nitrogen and oxygen atoms in total. The first-order valence-corrected chi connectivity index (χ1v) is 11.1. The quantitative estimate of drug-likeness (QED) is 0.728. The maximum atomic E-state index is 12.9. The van der Waals surface area contributed by atoms with Gasteiger partial charge < -0.3 is 5.32 Å². The lowest BCUT2D eigenvalue weighted by Crippen LogP contribution is -2.41. The highest BCUT2D eigenvalue weighted by molar-refractivity contribution is 7.89. The molecule has 0 radical (unpaired) electrons. The van der Waals surface area contributed by atoms with Crippen molar-refractivity contribution in [3.8, 4) is 0 Å². The molecule has 2 aromatic rings. The van der Waals surface area contributed by atoms with Crippen LogP contribution in [0.25, 0.3) is 0 Å². The van der Waals surface area contributed by atoms with Gasteiger partial charge in [0.2, 0.25) is 10.0 Å². The fourth-order valence-corrected chi connectivity index (χ4v) is 5.56. The lowest BCUT2D eigenvalue weighted by atomic mass is 10.1. The van der Waals surface area contributed by atoms with E-state index in [2.05, 4.69) is 10.6 Å². The summed E-state index contributed by atoms with van der Waals surface area (Å²) in [6.45, 7) is 2.39. The van der Waals surface area contributed by atoms with Crippen LogP contribution in [-0.2, 0) is 10.0 Å². The summed E-state index contributed by atoms with van der Waals surface area (Å²) in [5.41, 5.74) is 0.784. The van der Waals surface area contributed by atoms with Crippen molar-refractivity contribution in [2.45, 2.75) is 37.1 Å². The number of carbonyl (C=O) groups is 3. The number of imide groups is 1. The Labute approximate surface area is 174 Å². The predicted molar refractivity (Wildman–Crippen MR) is 110 cm³/mol. The number of rotatable bonds is 4. The molecule has 4 rings (SSSR count). The van der Waals surface area contributed by atoms with E-state index < -0.39 is 27.7 Å². The van der Waals surface area contributed by atoms with Crippen molar-refractivity contribution in [2.24, 2.45) is 0 Å². The summed E-state index contributed by atoms with van der Waals surface area (Å²) in [5, 5.41) is 4.82. The van der Waals surface area contributed by atoms with E-state index >= 15 is 0 Å². The van der Waals surface area contributed by atoms with Gasteiger partial charge in [0, 0.05) is 18.2 Å². The van der Waals surface area contributed by atoms with E-state index in [1.807, 2.05) is 6.92 Å². The molecule has 2 heterocycles. The maximum absolute atomic E-state index is 12.9. The van der Waals surface area contributed by atoms with Gasteiger partial charge in [0.1, 0.15) is 0 Å². The molecule has 1 saturated heterocycles. The van der Waals surface area contributed by atoms with Gasteiger partial charge in [0.05, 0.1) is 21.7 Å². The summed E-state index contributed by atoms with van der Waals surface area (Å²) in [7, 11) is -3.62. The van der Waals surface area contributed by atoms with Gasteiger partial charge in [-0.25, -0.2) is 8.42 Å². The monoisotopic (exact) mass is 427 g/mol. The second kappa shape index (κ2) is 7.66. The van der Waals surface area contributed by atoms with E-state index in [0.717, 1.165) is 19.3 Å². The molecule has 0 aromatic heterocycles. The minimum Gasteiger partial charge on any atom is -0.321 e. The van der Waals surface area contributed by atoms with Crippen LogP contribution in [0.2, 0.25) is 0 Å². The topological polar surface area (TPSA) is 113 Å². The first-order valence-electron chi connectivity index (χ1n) is 9.71. The summed E-state index contributed by atoms with van der Waals surface area (Å²) in [5.74, 6) is -1.58. The summed E-state index contributed by atoms with van der Waals surface area (Å²) >= 11 is 0. The van der Waals surface area contributed by atoms with Gasteiger partial charge in [-0.2, -0.15) is 4.31 Å². The van der Waals surface area contributed by atoms with Crippen molar-refractivity contribution in [1.82, 2.24) is 9.62 Å². The molecule has 1 fully saturated rings. The molecule has 9 heteroatoms. The normalized spacial score (nSPS) is 19.3. The third-order valence-corrected chi connectivity index (χ3v) is 7.50. The molecule has 0 unspecified atom stereocenters. The van der Waals surface area contributed by atoms with Crippen LogP contribution in [0.3, 0.4) is 0 Å². The van der Waals surface area contributed by atoms with Gasteiger partial charge in [0.15, 0.2) is 0 Å². The largest absolute Gasteiger partial charge is 0.321 e. The molecule has 0 saturated carbocycles. The number of nitrogens with one attached hydrogen (secondary N) is 2. The van der Waals surface area contributed by atoms with Crippen molar-refractivity contribution >= 4 is 33.4 Å². The molecule has 156 valence electrons. The minimum absolute atomic E-state index is 0.0549. The van der Waals surface area contributed by atoms with Crippen LogP contribution in [0.5, 0.6) is 0 Å². The van der Waals surface area contributed by atoms with Crippen molar-refractivity contribution in [3.63, 3.8) is 0 Å². The van der Waals surface area contributed by atoms with E-state index in [1.54, 1.807) is 6.07 Å². The Morgan fingerprint density at radius 1 is 1.07 bits per heavy atom. The van der Waals surface area contributed by atoms with Crippen molar-refractivity contribution < 1.29 is 22.8 Å². The van der Waals surface area contributed by atoms with Crippen LogP contribution < -0.4 is 10.6 Å². The van der Waals surface area contributed by atoms with Gasteiger partial charge in [-0.05, 0) is 56.2 Å². The number of fused-ring (bicyclic) bond motifs is 1. The van der Waals surface area contributed by atoms with E-state index in [-0.39, 0.29) is 33.3 Å². The highest BCUT2D eigenvalue weighted by Gasteiger charge is 2.32. The van der Waals surface area contributed by atoms with E-state index in [9.17, 15) is 22.8 Å². The van der Waals surface area contributed by atoms with Crippen LogP contribution in [0.4, 0.5) is 5.69 Å². The number of nitrogens with zero attached hydrogens (tertiary/aromatic N) is 1. The molecule has 3 amide bonds. The third-order valence-electron chi connectivity index (χ3n) is 5.48. The number of anilines is 1. The van der Waals surface area contributed by atoms with E-state index in [4.69, 9.17) is 0 Å². The summed E-state index contributed by atoms with van der Waals surface area (Å²) in [6.07, 6.45) is 2.68. The first-order chi connectivity index (χ1) is 14.3. The second-order valence-electron chi connectivity index (χ2n) is 7.45. The number of amides is 3. The van der Waals surface area contributed by atoms with E-state index in [1.165, 1.54) is 40.7 Å². The Bertz CT molecular complexity index is 1140. The van der Waals surface area contributed by atoms with Crippen LogP contribution in [-0.4, -0.2) is 43.0 Å². The Kier molecular flexibility index (Phi) is 5.17. The standard InChI is InChI=1S/C21H21N3O5S/c1-13-5-2-3-12-24(13)30(28,29)15-10-8-14(9-11-15)19(25)22-17-7-4-6-16-18(17)21(27)23-20(16)26/h4,6-11,13H,2-3,5,12H2,1H3,(H,22,25)(H,23,26,27)/t13-/m1/s1. The zero-order chi connectivity index (χ0) is 21.5. The Morgan fingerprint density at radius 3 is 2.50 bits per heavy atom. The summed E-state index contributed by atoms with van der Waals surface area (Å²) in [4.78, 5) is 36.5. The number of hydrogen-bond acceptors (Lipinski definition) is 5. The number of hydrogen-bond donors (Lipinski definition) is 2. The molecule has 2 N–H and O–H groups in total. The van der Waals surface area contributed by atoms with Gasteiger partial charge in [-0.1, -0.05) is 12.5 Å². The fourth-order valence-electron chi connectivity index (χ4n) is 3.86. The molecule has 0 aliphatic carbocycles. The summed E-state index contributed by atoms with van der Waals surface area (Å²) in [6, 6.07) is 10.3. The number of sulfonamides is 1. The molecule has 0 bridgehead atoms. The SMILES string of the molecule is C[C@@H]1CCCCN1S(=O)(=O)c1ccc(C(=O)Nc2cccc3c2C(=O)NC3=O)cc1. The highest BCUT2D eigenvalue weighted by atomic mass is 32.2. The molecule has 30 heavy (non-hydrogen) atoms. The van der Waals surface area contributed by atoms with Crippen LogP contribution >= 0.6 is 0 Å². The predicted octanol–water partition coefficient (Wildman–Crippen LogP) is 2.39. The lowest BCUT2D eigenvalue weighted by Gasteiger charge is -2.32. The smallest absolute Gasteiger partial charge is 0.261 e. The number of piperidine rings is 1. The third kappa shape index (κ3) is 3.50. The second-order valence-corrected chi connectivity index (χ2v) is 9.34. The van der Waals surface area contributed by atoms with Crippen molar-refractivity contribution in [3.05, 3.63) is 59.2 Å². The molecule has 2 aliphatic rings. The summed E-state index contributed by atoms with van der Waals surface area (Å²) < 4.78 is 27.3. The minimum atomic E-state index is -3.62. The van der Waals surface area contributed by atoms with E-state index in [0.29, 0.717) is 6.54 Å². The molecule has 2 aromatic carbocycles. The fraction of sp³-hybridized carbons (Fsp3) is 0.286. The zero-order valence-electron chi connectivity index (χ0n) is 16.3. The zero-order valence-corrected chi connectivity index (χ0v) is 17.2. The van der Waals surface area contributed by atoms with Gasteiger partial charge in [0.25, 0.3) is 17.7 Å². The highest BCUT2D eigenvalue weighted by Crippen LogP contribution is 2.27. The van der Waals surface area contributed by atoms with Crippen LogP contribution in [0, 0.1) is 0 Å². The Balaban J connectivity index is 1.55. The lowest BCUT2D eigenvalue weighted by molar-refractivity contribution is 0.0879. The average Bonchev–Trinajstić information content (AvgIpc) is 3.03. The van der Waals surface area contributed by atoms with Gasteiger partial charge in [-0.15, -0.1) is 0 Å². The number of carbonyl (C=O) groups excluding carboxylic acids is 3. The van der Waals surface area contributed by atoms with Crippen LogP contribution in [0.1, 0.15) is 57.3 Å². The van der Waals surface area contributed by atoms with Crippen molar-refractivity contribution in [2.75, 3.05) is 11.9 Å².